The van der Waals surface area contributed by atoms with Crippen molar-refractivity contribution >= 4 is 35.7 Å². The van der Waals surface area contributed by atoms with Crippen LogP contribution in [0.15, 0.2) is 18.2 Å². The Morgan fingerprint density at radius 1 is 0.920 bits per heavy atom. The van der Waals surface area contributed by atoms with Crippen molar-refractivity contribution in [1.82, 2.24) is 4.90 Å². The van der Waals surface area contributed by atoms with Crippen molar-refractivity contribution in [3.63, 3.8) is 0 Å². The molecule has 0 aromatic heterocycles. The van der Waals surface area contributed by atoms with Gasteiger partial charge in [0.15, 0.2) is 0 Å². The summed E-state index contributed by atoms with van der Waals surface area (Å²) in [5.74, 6) is -4.75. The highest BCUT2D eigenvalue weighted by atomic mass is 16.6. The van der Waals surface area contributed by atoms with E-state index in [0.29, 0.717) is 0 Å². The highest BCUT2D eigenvalue weighted by Gasteiger charge is 2.36. The van der Waals surface area contributed by atoms with Gasteiger partial charge >= 0.3 is 23.9 Å². The van der Waals surface area contributed by atoms with Gasteiger partial charge in [0.05, 0.1) is 23.1 Å². The number of nitrogens with zero attached hydrogens (tertiary/aromatic N) is 1. The van der Waals surface area contributed by atoms with Crippen molar-refractivity contribution in [3.8, 4) is 0 Å². The van der Waals surface area contributed by atoms with Crippen molar-refractivity contribution < 1.29 is 38.2 Å². The van der Waals surface area contributed by atoms with Crippen LogP contribution in [-0.2, 0) is 23.9 Å². The normalized spacial score (nSPS) is 12.6. The Kier molecular flexibility index (Phi) is 5.06. The summed E-state index contributed by atoms with van der Waals surface area (Å²) in [6, 6.07) is 3.66. The first-order chi connectivity index (χ1) is 11.7. The van der Waals surface area contributed by atoms with Gasteiger partial charge < -0.3 is 9.47 Å². The zero-order valence-corrected chi connectivity index (χ0v) is 13.4. The van der Waals surface area contributed by atoms with Crippen molar-refractivity contribution in [3.05, 3.63) is 34.9 Å². The van der Waals surface area contributed by atoms with E-state index in [1.54, 1.807) is 0 Å². The molecule has 0 spiro atoms. The molecular weight excluding hydrogens is 334 g/mol. The Labute approximate surface area is 141 Å². The van der Waals surface area contributed by atoms with Crippen LogP contribution in [0.4, 0.5) is 0 Å². The fourth-order valence-corrected chi connectivity index (χ4v) is 2.22. The maximum absolute atomic E-state index is 12.3. The molecule has 0 bridgehead atoms. The van der Waals surface area contributed by atoms with Gasteiger partial charge in [-0.1, -0.05) is 0 Å². The number of carbonyl (C=O) groups is 6. The average molecular weight is 347 g/mol. The van der Waals surface area contributed by atoms with Gasteiger partial charge in [0.25, 0.3) is 11.8 Å². The molecule has 0 aliphatic carbocycles. The first-order valence-electron chi connectivity index (χ1n) is 7.15. The first kappa shape index (κ1) is 18.0. The van der Waals surface area contributed by atoms with Gasteiger partial charge in [0, 0.05) is 20.4 Å². The quantitative estimate of drug-likeness (QED) is 0.437. The van der Waals surface area contributed by atoms with Crippen LogP contribution in [0.2, 0.25) is 0 Å². The lowest BCUT2D eigenvalue weighted by Gasteiger charge is -2.12. The van der Waals surface area contributed by atoms with Crippen LogP contribution in [0.3, 0.4) is 0 Å². The minimum atomic E-state index is -0.945. The van der Waals surface area contributed by atoms with Gasteiger partial charge in [-0.3, -0.25) is 28.9 Å². The molecule has 1 aliphatic heterocycles. The summed E-state index contributed by atoms with van der Waals surface area (Å²) in [7, 11) is 0. The standard InChI is InChI=1S/C16H13NO8/c1-8(18)24-13(20)5-6-17-14(21)11-4-3-10(7-12(11)15(17)22)16(23)25-9(2)19/h3-4,7H,5-6H2,1-2H3. The van der Waals surface area contributed by atoms with E-state index in [9.17, 15) is 28.8 Å². The first-order valence-corrected chi connectivity index (χ1v) is 7.15. The second kappa shape index (κ2) is 7.04. The van der Waals surface area contributed by atoms with Crippen molar-refractivity contribution in [2.75, 3.05) is 6.54 Å². The molecule has 130 valence electrons. The molecule has 0 saturated carbocycles. The molecule has 2 rings (SSSR count). The average Bonchev–Trinajstić information content (AvgIpc) is 2.75. The van der Waals surface area contributed by atoms with Crippen LogP contribution in [0, 0.1) is 0 Å². The second-order valence-corrected chi connectivity index (χ2v) is 5.12. The Morgan fingerprint density at radius 3 is 2.12 bits per heavy atom. The molecule has 25 heavy (non-hydrogen) atoms. The zero-order chi connectivity index (χ0) is 18.7. The molecular formula is C16H13NO8. The van der Waals surface area contributed by atoms with Crippen molar-refractivity contribution in [1.29, 1.82) is 0 Å². The topological polar surface area (TPSA) is 124 Å². The van der Waals surface area contributed by atoms with Gasteiger partial charge in [0.2, 0.25) is 0 Å². The van der Waals surface area contributed by atoms with Gasteiger partial charge in [-0.25, -0.2) is 4.79 Å². The number of carbonyl (C=O) groups excluding carboxylic acids is 6. The highest BCUT2D eigenvalue weighted by molar-refractivity contribution is 6.22. The molecule has 1 aliphatic rings. The largest absolute Gasteiger partial charge is 0.393 e. The second-order valence-electron chi connectivity index (χ2n) is 5.12. The molecule has 0 atom stereocenters. The SMILES string of the molecule is CC(=O)OC(=O)CCN1C(=O)c2ccc(C(=O)OC(C)=O)cc2C1=O. The van der Waals surface area contributed by atoms with Crippen LogP contribution in [0.5, 0.6) is 0 Å². The molecule has 0 radical (unpaired) electrons. The zero-order valence-electron chi connectivity index (χ0n) is 13.4. The van der Waals surface area contributed by atoms with Crippen molar-refractivity contribution in [2.45, 2.75) is 20.3 Å². The van der Waals surface area contributed by atoms with Crippen LogP contribution >= 0.6 is 0 Å². The van der Waals surface area contributed by atoms with E-state index in [4.69, 9.17) is 0 Å². The smallest absolute Gasteiger partial charge is 0.345 e. The molecule has 1 aromatic carbocycles. The maximum atomic E-state index is 12.3. The van der Waals surface area contributed by atoms with Crippen LogP contribution in [0.1, 0.15) is 51.3 Å². The van der Waals surface area contributed by atoms with E-state index in [0.717, 1.165) is 24.8 Å². The fourth-order valence-electron chi connectivity index (χ4n) is 2.22. The number of fused-ring (bicyclic) bond motifs is 1. The minimum absolute atomic E-state index is 0.0389. The van der Waals surface area contributed by atoms with E-state index in [1.807, 2.05) is 0 Å². The number of benzene rings is 1. The Bertz CT molecular complexity index is 810. The molecule has 9 heteroatoms. The Hall–Kier alpha value is -3.36. The molecule has 0 fully saturated rings. The predicted molar refractivity (Wildman–Crippen MR) is 79.3 cm³/mol. The lowest BCUT2D eigenvalue weighted by molar-refractivity contribution is -0.158. The van der Waals surface area contributed by atoms with E-state index < -0.39 is 35.7 Å². The third kappa shape index (κ3) is 3.94. The monoisotopic (exact) mass is 347 g/mol. The van der Waals surface area contributed by atoms with E-state index in [1.165, 1.54) is 12.1 Å². The van der Waals surface area contributed by atoms with Gasteiger partial charge in [-0.2, -0.15) is 0 Å². The number of hydrogen-bond acceptors (Lipinski definition) is 8. The lowest BCUT2D eigenvalue weighted by Crippen LogP contribution is -2.32. The third-order valence-corrected chi connectivity index (χ3v) is 3.24. The highest BCUT2D eigenvalue weighted by Crippen LogP contribution is 2.24. The Morgan fingerprint density at radius 2 is 1.52 bits per heavy atom. The molecule has 9 nitrogen and oxygen atoms in total. The summed E-state index contributed by atoms with van der Waals surface area (Å²) >= 11 is 0. The summed E-state index contributed by atoms with van der Waals surface area (Å²) in [6.07, 6.45) is -0.343. The number of ether oxygens (including phenoxy) is 2. The van der Waals surface area contributed by atoms with Gasteiger partial charge in [-0.15, -0.1) is 0 Å². The van der Waals surface area contributed by atoms with E-state index in [-0.39, 0.29) is 29.7 Å². The summed E-state index contributed by atoms with van der Waals surface area (Å²) in [6.45, 7) is 1.84. The molecule has 1 heterocycles. The number of amides is 2. The number of imide groups is 1. The fraction of sp³-hybridized carbons (Fsp3) is 0.250. The van der Waals surface area contributed by atoms with Crippen molar-refractivity contribution in [2.24, 2.45) is 0 Å². The number of esters is 4. The molecule has 1 aromatic rings. The summed E-state index contributed by atoms with van der Waals surface area (Å²) in [5.41, 5.74) is -0.0415. The van der Waals surface area contributed by atoms with Crippen LogP contribution in [0.25, 0.3) is 0 Å². The number of hydrogen-bond donors (Lipinski definition) is 0. The Balaban J connectivity index is 2.15. The molecule has 0 unspecified atom stereocenters. The summed E-state index contributed by atoms with van der Waals surface area (Å²) < 4.78 is 8.75. The third-order valence-electron chi connectivity index (χ3n) is 3.24. The van der Waals surface area contributed by atoms with E-state index >= 15 is 0 Å². The molecule has 0 N–H and O–H groups in total. The molecule has 0 saturated heterocycles. The van der Waals surface area contributed by atoms with Gasteiger partial charge in [0.1, 0.15) is 0 Å². The minimum Gasteiger partial charge on any atom is -0.393 e. The predicted octanol–water partition coefficient (Wildman–Crippen LogP) is 0.466. The summed E-state index contributed by atoms with van der Waals surface area (Å²) in [5, 5.41) is 0. The lowest BCUT2D eigenvalue weighted by atomic mass is 10.1. The number of rotatable bonds is 4. The summed E-state index contributed by atoms with van der Waals surface area (Å²) in [4.78, 5) is 69.9. The van der Waals surface area contributed by atoms with E-state index in [2.05, 4.69) is 9.47 Å². The van der Waals surface area contributed by atoms with Crippen LogP contribution in [-0.4, -0.2) is 47.1 Å². The van der Waals surface area contributed by atoms with Gasteiger partial charge in [-0.05, 0) is 18.2 Å². The maximum Gasteiger partial charge on any atom is 0.345 e. The molecule has 2 amide bonds. The van der Waals surface area contributed by atoms with Crippen LogP contribution < -0.4 is 0 Å².